The lowest BCUT2D eigenvalue weighted by Gasteiger charge is -2.33. The van der Waals surface area contributed by atoms with E-state index in [0.29, 0.717) is 37.9 Å². The Morgan fingerprint density at radius 2 is 1.80 bits per heavy atom. The molecule has 1 spiro atoms. The molecule has 25 heavy (non-hydrogen) atoms. The molecule has 3 rings (SSSR count). The van der Waals surface area contributed by atoms with E-state index in [-0.39, 0.29) is 22.1 Å². The van der Waals surface area contributed by atoms with Crippen molar-refractivity contribution in [1.29, 1.82) is 0 Å². The number of hydrogen-bond acceptors (Lipinski definition) is 4. The summed E-state index contributed by atoms with van der Waals surface area (Å²) < 4.78 is 23.7. The average molecular weight is 365 g/mol. The van der Waals surface area contributed by atoms with Crippen molar-refractivity contribution < 1.29 is 23.1 Å². The van der Waals surface area contributed by atoms with Gasteiger partial charge in [-0.2, -0.15) is 0 Å². The van der Waals surface area contributed by atoms with Gasteiger partial charge < -0.3 is 10.0 Å². The molecule has 2 aliphatic rings. The van der Waals surface area contributed by atoms with E-state index in [1.165, 1.54) is 6.07 Å². The van der Waals surface area contributed by atoms with Crippen molar-refractivity contribution in [2.24, 2.45) is 11.3 Å². The van der Waals surface area contributed by atoms with Crippen LogP contribution in [0.25, 0.3) is 0 Å². The molecule has 2 fully saturated rings. The van der Waals surface area contributed by atoms with E-state index in [2.05, 4.69) is 0 Å². The number of hydrogen-bond donors (Lipinski definition) is 1. The van der Waals surface area contributed by atoms with Gasteiger partial charge in [0.15, 0.2) is 9.84 Å². The van der Waals surface area contributed by atoms with E-state index in [0.717, 1.165) is 17.4 Å². The highest BCUT2D eigenvalue weighted by molar-refractivity contribution is 7.90. The number of nitrogens with zero attached hydrogens (tertiary/aromatic N) is 1. The molecular weight excluding hydrogens is 342 g/mol. The first-order chi connectivity index (χ1) is 11.5. The Morgan fingerprint density at radius 1 is 1.20 bits per heavy atom. The SMILES string of the molecule is Cc1cc(S(C)(=O)=O)cc(C(=O)N2CCC3(CC2)CC3C(=O)O)c1C. The lowest BCUT2D eigenvalue weighted by Crippen LogP contribution is -2.40. The summed E-state index contributed by atoms with van der Waals surface area (Å²) in [5, 5.41) is 9.16. The smallest absolute Gasteiger partial charge is 0.307 e. The summed E-state index contributed by atoms with van der Waals surface area (Å²) in [6.07, 6.45) is 3.22. The summed E-state index contributed by atoms with van der Waals surface area (Å²) in [6, 6.07) is 3.05. The van der Waals surface area contributed by atoms with Gasteiger partial charge in [0, 0.05) is 24.9 Å². The summed E-state index contributed by atoms with van der Waals surface area (Å²) in [4.78, 5) is 25.9. The van der Waals surface area contributed by atoms with Gasteiger partial charge in [0.25, 0.3) is 5.91 Å². The number of carboxylic acid groups (broad SMARTS) is 1. The molecule has 1 saturated carbocycles. The van der Waals surface area contributed by atoms with Gasteiger partial charge in [-0.1, -0.05) is 0 Å². The highest BCUT2D eigenvalue weighted by atomic mass is 32.2. The fourth-order valence-electron chi connectivity index (χ4n) is 3.84. The van der Waals surface area contributed by atoms with E-state index in [4.69, 9.17) is 5.11 Å². The van der Waals surface area contributed by atoms with Crippen molar-refractivity contribution in [3.8, 4) is 0 Å². The fourth-order valence-corrected chi connectivity index (χ4v) is 4.56. The summed E-state index contributed by atoms with van der Waals surface area (Å²) in [6.45, 7) is 4.66. The molecule has 1 aliphatic carbocycles. The Bertz CT molecular complexity index is 850. The zero-order valence-corrected chi connectivity index (χ0v) is 15.5. The van der Waals surface area contributed by atoms with Crippen molar-refractivity contribution in [2.75, 3.05) is 19.3 Å². The molecule has 1 aliphatic heterocycles. The van der Waals surface area contributed by atoms with Crippen molar-refractivity contribution in [3.63, 3.8) is 0 Å². The Labute approximate surface area is 147 Å². The Morgan fingerprint density at radius 3 is 2.28 bits per heavy atom. The maximum Gasteiger partial charge on any atom is 0.307 e. The third-order valence-electron chi connectivity index (χ3n) is 5.83. The van der Waals surface area contributed by atoms with E-state index in [1.807, 2.05) is 6.92 Å². The first-order valence-electron chi connectivity index (χ1n) is 8.38. The van der Waals surface area contributed by atoms with Gasteiger partial charge in [0.1, 0.15) is 0 Å². The van der Waals surface area contributed by atoms with Crippen LogP contribution >= 0.6 is 0 Å². The summed E-state index contributed by atoms with van der Waals surface area (Å²) >= 11 is 0. The van der Waals surface area contributed by atoms with E-state index >= 15 is 0 Å². The number of piperidine rings is 1. The molecule has 1 aromatic carbocycles. The summed E-state index contributed by atoms with van der Waals surface area (Å²) in [5.41, 5.74) is 1.84. The number of carboxylic acids is 1. The fraction of sp³-hybridized carbons (Fsp3) is 0.556. The van der Waals surface area contributed by atoms with Crippen LogP contribution in [-0.2, 0) is 14.6 Å². The first-order valence-corrected chi connectivity index (χ1v) is 10.3. The van der Waals surface area contributed by atoms with E-state index in [1.54, 1.807) is 17.9 Å². The van der Waals surface area contributed by atoms with Crippen molar-refractivity contribution in [3.05, 3.63) is 28.8 Å². The van der Waals surface area contributed by atoms with Gasteiger partial charge in [-0.25, -0.2) is 8.42 Å². The molecule has 1 amide bonds. The van der Waals surface area contributed by atoms with Crippen LogP contribution < -0.4 is 0 Å². The third kappa shape index (κ3) is 3.17. The Balaban J connectivity index is 1.81. The lowest BCUT2D eigenvalue weighted by atomic mass is 9.90. The zero-order chi connectivity index (χ0) is 18.6. The number of aryl methyl sites for hydroxylation is 1. The summed E-state index contributed by atoms with van der Waals surface area (Å²) in [7, 11) is -3.39. The van der Waals surface area contributed by atoms with Crippen LogP contribution in [0.15, 0.2) is 17.0 Å². The van der Waals surface area contributed by atoms with Crippen LogP contribution in [0, 0.1) is 25.2 Å². The van der Waals surface area contributed by atoms with Crippen LogP contribution in [0.1, 0.15) is 40.7 Å². The predicted molar refractivity (Wildman–Crippen MR) is 92.3 cm³/mol. The van der Waals surface area contributed by atoms with Gasteiger partial charge in [0.2, 0.25) is 0 Å². The van der Waals surface area contributed by atoms with Gasteiger partial charge >= 0.3 is 5.97 Å². The lowest BCUT2D eigenvalue weighted by molar-refractivity contribution is -0.139. The topological polar surface area (TPSA) is 91.8 Å². The van der Waals surface area contributed by atoms with Crippen LogP contribution in [0.4, 0.5) is 0 Å². The van der Waals surface area contributed by atoms with Gasteiger partial charge in [0.05, 0.1) is 10.8 Å². The van der Waals surface area contributed by atoms with Crippen LogP contribution in [0.3, 0.4) is 0 Å². The monoisotopic (exact) mass is 365 g/mol. The first kappa shape index (κ1) is 17.9. The van der Waals surface area contributed by atoms with Crippen molar-refractivity contribution in [1.82, 2.24) is 4.90 Å². The second-order valence-electron chi connectivity index (χ2n) is 7.43. The summed E-state index contributed by atoms with van der Waals surface area (Å²) in [5.74, 6) is -1.19. The number of benzene rings is 1. The standard InChI is InChI=1S/C18H23NO5S/c1-11-8-13(25(3,23)24)9-14(12(11)2)16(20)19-6-4-18(5-7-19)10-15(18)17(21)22/h8-9,15H,4-7,10H2,1-3H3,(H,21,22). The minimum atomic E-state index is -3.39. The molecule has 0 aromatic heterocycles. The quantitative estimate of drug-likeness (QED) is 0.885. The molecular formula is C18H23NO5S. The number of aliphatic carboxylic acids is 1. The Hall–Kier alpha value is -1.89. The highest BCUT2D eigenvalue weighted by Crippen LogP contribution is 2.59. The van der Waals surface area contributed by atoms with Crippen LogP contribution in [0.2, 0.25) is 0 Å². The van der Waals surface area contributed by atoms with Crippen molar-refractivity contribution >= 4 is 21.7 Å². The molecule has 1 saturated heterocycles. The van der Waals surface area contributed by atoms with E-state index in [9.17, 15) is 18.0 Å². The van der Waals surface area contributed by atoms with Crippen molar-refractivity contribution in [2.45, 2.75) is 38.0 Å². The number of sulfone groups is 1. The van der Waals surface area contributed by atoms with E-state index < -0.39 is 15.8 Å². The third-order valence-corrected chi connectivity index (χ3v) is 6.93. The van der Waals surface area contributed by atoms with Crippen LogP contribution in [0.5, 0.6) is 0 Å². The van der Waals surface area contributed by atoms with Crippen LogP contribution in [-0.4, -0.2) is 49.6 Å². The molecule has 136 valence electrons. The molecule has 0 radical (unpaired) electrons. The Kier molecular flexibility index (Phi) is 4.18. The minimum absolute atomic E-state index is 0.137. The normalized spacial score (nSPS) is 22.0. The molecule has 1 atom stereocenters. The average Bonchev–Trinajstić information content (AvgIpc) is 3.23. The highest BCUT2D eigenvalue weighted by Gasteiger charge is 2.59. The van der Waals surface area contributed by atoms with Gasteiger partial charge in [-0.3, -0.25) is 9.59 Å². The molecule has 6 nitrogen and oxygen atoms in total. The molecule has 1 unspecified atom stereocenters. The van der Waals surface area contributed by atoms with Gasteiger partial charge in [-0.05, 0) is 61.8 Å². The largest absolute Gasteiger partial charge is 0.481 e. The maximum atomic E-state index is 12.9. The zero-order valence-electron chi connectivity index (χ0n) is 14.7. The minimum Gasteiger partial charge on any atom is -0.481 e. The molecule has 1 heterocycles. The molecule has 7 heteroatoms. The number of carbonyl (C=O) groups is 2. The number of amides is 1. The number of rotatable bonds is 3. The maximum absolute atomic E-state index is 12.9. The predicted octanol–water partition coefficient (Wildman–Crippen LogP) is 2.03. The number of likely N-dealkylation sites (tertiary alicyclic amines) is 1. The second-order valence-corrected chi connectivity index (χ2v) is 9.45. The van der Waals surface area contributed by atoms with Gasteiger partial charge in [-0.15, -0.1) is 0 Å². The molecule has 1 aromatic rings. The second kappa shape index (κ2) is 5.83. The number of carbonyl (C=O) groups excluding carboxylic acids is 1. The molecule has 0 bridgehead atoms. The molecule has 1 N–H and O–H groups in total.